The Morgan fingerprint density at radius 3 is 2.58 bits per heavy atom. The lowest BCUT2D eigenvalue weighted by atomic mass is 9.71. The van der Waals surface area contributed by atoms with Gasteiger partial charge in [0.15, 0.2) is 0 Å². The number of hydrogen-bond donors (Lipinski definition) is 1. The number of pyridine rings is 1. The van der Waals surface area contributed by atoms with Crippen molar-refractivity contribution < 1.29 is 19.4 Å². The molecule has 0 unspecified atom stereocenters. The molecule has 0 aliphatic carbocycles. The minimum Gasteiger partial charge on any atom is -0.394 e. The molecule has 8 heteroatoms. The van der Waals surface area contributed by atoms with Gasteiger partial charge in [-0.15, -0.1) is 0 Å². The Balaban J connectivity index is 1.43. The van der Waals surface area contributed by atoms with Gasteiger partial charge in [0.25, 0.3) is 5.91 Å². The summed E-state index contributed by atoms with van der Waals surface area (Å²) in [7, 11) is 0. The predicted molar refractivity (Wildman–Crippen MR) is 114 cm³/mol. The number of aliphatic hydroxyl groups is 1. The van der Waals surface area contributed by atoms with E-state index in [1.807, 2.05) is 24.3 Å². The minimum absolute atomic E-state index is 0.00195. The van der Waals surface area contributed by atoms with Crippen LogP contribution in [0.2, 0.25) is 0 Å². The van der Waals surface area contributed by atoms with Crippen LogP contribution in [-0.2, 0) is 9.53 Å². The first-order chi connectivity index (χ1) is 15.2. The number of anilines is 1. The van der Waals surface area contributed by atoms with Crippen LogP contribution in [0.25, 0.3) is 0 Å². The van der Waals surface area contributed by atoms with Crippen LogP contribution in [0.1, 0.15) is 21.8 Å². The second kappa shape index (κ2) is 8.37. The number of rotatable bonds is 4. The molecule has 2 fully saturated rings. The van der Waals surface area contributed by atoms with Gasteiger partial charge in [-0.25, -0.2) is 0 Å². The zero-order valence-electron chi connectivity index (χ0n) is 17.3. The summed E-state index contributed by atoms with van der Waals surface area (Å²) in [5.74, 6) is -0.0875. The Morgan fingerprint density at radius 1 is 1.10 bits per heavy atom. The first-order valence-corrected chi connectivity index (χ1v) is 10.7. The molecular formula is C23H26N4O4. The van der Waals surface area contributed by atoms with Gasteiger partial charge in [-0.2, -0.15) is 0 Å². The molecule has 2 amide bonds. The van der Waals surface area contributed by atoms with E-state index in [1.165, 1.54) is 0 Å². The second-order valence-electron chi connectivity index (χ2n) is 8.24. The number of carbonyl (C=O) groups is 2. The van der Waals surface area contributed by atoms with Crippen molar-refractivity contribution in [2.24, 2.45) is 0 Å². The highest BCUT2D eigenvalue weighted by Crippen LogP contribution is 2.48. The highest BCUT2D eigenvalue weighted by molar-refractivity contribution is 6.07. The zero-order valence-corrected chi connectivity index (χ0v) is 17.3. The van der Waals surface area contributed by atoms with Gasteiger partial charge in [0, 0.05) is 49.2 Å². The van der Waals surface area contributed by atoms with Crippen molar-refractivity contribution in [2.75, 3.05) is 50.9 Å². The highest BCUT2D eigenvalue weighted by Gasteiger charge is 2.55. The summed E-state index contributed by atoms with van der Waals surface area (Å²) in [6, 6.07) is 10.8. The van der Waals surface area contributed by atoms with Gasteiger partial charge >= 0.3 is 0 Å². The van der Waals surface area contributed by atoms with E-state index in [9.17, 15) is 14.7 Å². The molecule has 1 aromatic carbocycles. The molecule has 31 heavy (non-hydrogen) atoms. The van der Waals surface area contributed by atoms with Gasteiger partial charge in [0.05, 0.1) is 38.4 Å². The van der Waals surface area contributed by atoms with Crippen LogP contribution in [0, 0.1) is 0 Å². The Hall–Kier alpha value is -2.81. The number of ether oxygens (including phenoxy) is 1. The van der Waals surface area contributed by atoms with Crippen molar-refractivity contribution in [1.29, 1.82) is 0 Å². The Morgan fingerprint density at radius 2 is 1.84 bits per heavy atom. The number of nitrogens with zero attached hydrogens (tertiary/aromatic N) is 4. The molecule has 2 saturated heterocycles. The molecule has 2 aromatic rings. The van der Waals surface area contributed by atoms with Crippen LogP contribution in [0.3, 0.4) is 0 Å². The molecule has 1 aromatic heterocycles. The predicted octanol–water partition coefficient (Wildman–Crippen LogP) is 0.730. The molecule has 0 saturated carbocycles. The summed E-state index contributed by atoms with van der Waals surface area (Å²) in [5, 5.41) is 10.1. The first-order valence-electron chi connectivity index (χ1n) is 10.7. The highest BCUT2D eigenvalue weighted by atomic mass is 16.5. The lowest BCUT2D eigenvalue weighted by Gasteiger charge is -2.59. The van der Waals surface area contributed by atoms with Crippen molar-refractivity contribution >= 4 is 17.5 Å². The van der Waals surface area contributed by atoms with Crippen molar-refractivity contribution in [3.05, 3.63) is 59.9 Å². The number of hydrogen-bond acceptors (Lipinski definition) is 6. The van der Waals surface area contributed by atoms with E-state index in [4.69, 9.17) is 4.74 Å². The molecule has 8 nitrogen and oxygen atoms in total. The van der Waals surface area contributed by atoms with Crippen LogP contribution in [0.5, 0.6) is 0 Å². The van der Waals surface area contributed by atoms with Crippen molar-refractivity contribution in [3.63, 3.8) is 0 Å². The second-order valence-corrected chi connectivity index (χ2v) is 8.24. The maximum Gasteiger partial charge on any atom is 0.258 e. The van der Waals surface area contributed by atoms with Gasteiger partial charge in [0.2, 0.25) is 5.91 Å². The fourth-order valence-corrected chi connectivity index (χ4v) is 5.11. The molecule has 0 bridgehead atoms. The fourth-order valence-electron chi connectivity index (χ4n) is 5.11. The number of likely N-dealkylation sites (tertiary alicyclic amines) is 1. The maximum absolute atomic E-state index is 13.3. The third-order valence-corrected chi connectivity index (χ3v) is 6.61. The van der Waals surface area contributed by atoms with Crippen LogP contribution >= 0.6 is 0 Å². The average molecular weight is 422 g/mol. The molecule has 3 aliphatic rings. The summed E-state index contributed by atoms with van der Waals surface area (Å²) in [6.45, 7) is 3.34. The summed E-state index contributed by atoms with van der Waals surface area (Å²) in [6.07, 6.45) is 3.21. The number of benzene rings is 1. The van der Waals surface area contributed by atoms with E-state index < -0.39 is 0 Å². The summed E-state index contributed by atoms with van der Waals surface area (Å²) in [4.78, 5) is 36.1. The number of amides is 2. The lowest BCUT2D eigenvalue weighted by molar-refractivity contribution is -0.152. The van der Waals surface area contributed by atoms with Crippen molar-refractivity contribution in [1.82, 2.24) is 14.8 Å². The van der Waals surface area contributed by atoms with E-state index in [-0.39, 0.29) is 36.4 Å². The van der Waals surface area contributed by atoms with E-state index in [0.29, 0.717) is 31.9 Å². The summed E-state index contributed by atoms with van der Waals surface area (Å²) in [5.41, 5.74) is 2.42. The van der Waals surface area contributed by atoms with Gasteiger partial charge in [0.1, 0.15) is 0 Å². The normalized spacial score (nSPS) is 25.4. The summed E-state index contributed by atoms with van der Waals surface area (Å²) < 4.78 is 5.38. The van der Waals surface area contributed by atoms with Gasteiger partial charge < -0.3 is 19.6 Å². The Kier molecular flexibility index (Phi) is 5.43. The lowest BCUT2D eigenvalue weighted by Crippen LogP contribution is -2.71. The molecule has 1 N–H and O–H groups in total. The summed E-state index contributed by atoms with van der Waals surface area (Å²) >= 11 is 0. The number of para-hydroxylation sites is 1. The molecule has 3 atom stereocenters. The van der Waals surface area contributed by atoms with Crippen LogP contribution < -0.4 is 4.90 Å². The van der Waals surface area contributed by atoms with Gasteiger partial charge in [-0.3, -0.25) is 19.5 Å². The number of fused-ring (bicyclic) bond motifs is 3. The molecular weight excluding hydrogens is 396 g/mol. The third kappa shape index (κ3) is 3.50. The average Bonchev–Trinajstić information content (AvgIpc) is 2.80. The molecule has 4 heterocycles. The molecule has 0 radical (unpaired) electrons. The number of morpholine rings is 1. The van der Waals surface area contributed by atoms with Gasteiger partial charge in [-0.1, -0.05) is 18.2 Å². The molecule has 162 valence electrons. The largest absolute Gasteiger partial charge is 0.394 e. The standard InChI is InChI=1S/C23H26N4O4/c28-15-20-22-17-3-1-2-4-18(17)26(23(30)16-5-7-24-8-6-16)13-19(22)27(20)21(29)14-25-9-11-31-12-10-25/h1-8,19-20,22,28H,9-15H2/t19-,20-,22+/m1/s1. The quantitative estimate of drug-likeness (QED) is 0.782. The molecule has 5 rings (SSSR count). The third-order valence-electron chi connectivity index (χ3n) is 6.61. The van der Waals surface area contributed by atoms with E-state index in [2.05, 4.69) is 9.88 Å². The monoisotopic (exact) mass is 422 g/mol. The van der Waals surface area contributed by atoms with Crippen molar-refractivity contribution in [3.8, 4) is 0 Å². The minimum atomic E-state index is -0.266. The molecule has 0 spiro atoms. The Labute approximate surface area is 181 Å². The zero-order chi connectivity index (χ0) is 21.4. The first kappa shape index (κ1) is 20.1. The van der Waals surface area contributed by atoms with Crippen LogP contribution in [-0.4, -0.2) is 89.8 Å². The van der Waals surface area contributed by atoms with E-state index >= 15 is 0 Å². The van der Waals surface area contributed by atoms with Crippen molar-refractivity contribution in [2.45, 2.75) is 18.0 Å². The van der Waals surface area contributed by atoms with Gasteiger partial charge in [-0.05, 0) is 23.8 Å². The number of carbonyl (C=O) groups excluding carboxylic acids is 2. The maximum atomic E-state index is 13.3. The molecule has 3 aliphatic heterocycles. The topological polar surface area (TPSA) is 86.2 Å². The fraction of sp³-hybridized carbons (Fsp3) is 0.435. The Bertz CT molecular complexity index is 963. The van der Waals surface area contributed by atoms with Crippen LogP contribution in [0.15, 0.2) is 48.8 Å². The number of aliphatic hydroxyl groups excluding tert-OH is 1. The van der Waals surface area contributed by atoms with E-state index in [1.54, 1.807) is 34.3 Å². The SMILES string of the molecule is O=C(c1ccncc1)N1C[C@@H]2[C@H](c3ccccc31)[C@@H](CO)N2C(=O)CN1CCOCC1. The van der Waals surface area contributed by atoms with Crippen LogP contribution in [0.4, 0.5) is 5.69 Å². The van der Waals surface area contributed by atoms with E-state index in [0.717, 1.165) is 24.3 Å². The smallest absolute Gasteiger partial charge is 0.258 e. The number of aromatic nitrogens is 1.